The molecule has 1 aromatic carbocycles. The number of nitrogens with two attached hydrogens (primary N) is 1. The molecule has 6 heteroatoms. The number of benzene rings is 1. The summed E-state index contributed by atoms with van der Waals surface area (Å²) in [5.41, 5.74) is 9.46. The molecule has 31 heavy (non-hydrogen) atoms. The summed E-state index contributed by atoms with van der Waals surface area (Å²) in [4.78, 5) is 13.4. The monoisotopic (exact) mass is 412 g/mol. The van der Waals surface area contributed by atoms with Crippen molar-refractivity contribution in [2.45, 2.75) is 57.0 Å². The fourth-order valence-corrected chi connectivity index (χ4v) is 5.05. The molecule has 4 aromatic rings. The second-order valence-electron chi connectivity index (χ2n) is 9.23. The number of hydrogen-bond donors (Lipinski definition) is 2. The summed E-state index contributed by atoms with van der Waals surface area (Å²) in [6, 6.07) is 14.2. The summed E-state index contributed by atoms with van der Waals surface area (Å²) in [6.45, 7) is 0. The van der Waals surface area contributed by atoms with E-state index in [-0.39, 0.29) is 0 Å². The number of nitrogens with one attached hydrogen (secondary N) is 1. The van der Waals surface area contributed by atoms with Crippen LogP contribution in [0.1, 0.15) is 50.1 Å². The van der Waals surface area contributed by atoms with E-state index >= 15 is 0 Å². The first-order valence-corrected chi connectivity index (χ1v) is 11.5. The minimum Gasteiger partial charge on any atom is -0.383 e. The van der Waals surface area contributed by atoms with Crippen LogP contribution in [0.15, 0.2) is 48.9 Å². The molecule has 0 spiro atoms. The second kappa shape index (κ2) is 7.52. The van der Waals surface area contributed by atoms with Crippen molar-refractivity contribution in [3.05, 3.63) is 54.5 Å². The average Bonchev–Trinajstić information content (AvgIpc) is 3.29. The van der Waals surface area contributed by atoms with Gasteiger partial charge in [0, 0.05) is 23.7 Å². The standard InChI is InChI=1S/C25H28N6/c26-24-21-11-12-31(25(21)28-15-27-24)20-9-4-16(13-20)1-2-17-3-5-18-6-10-23(29-19-7-8-19)30-22(18)14-17/h3,5-6,10-12,14-16,19-20H,1-2,4,7-9,13H2,(H,29,30)(H2,26,27,28)/t16-,20+/m1/s1. The number of aromatic nitrogens is 4. The van der Waals surface area contributed by atoms with E-state index in [0.717, 1.165) is 34.7 Å². The predicted molar refractivity (Wildman–Crippen MR) is 125 cm³/mol. The average molecular weight is 413 g/mol. The van der Waals surface area contributed by atoms with Gasteiger partial charge >= 0.3 is 0 Å². The van der Waals surface area contributed by atoms with Crippen LogP contribution in [0.3, 0.4) is 0 Å². The largest absolute Gasteiger partial charge is 0.383 e. The highest BCUT2D eigenvalue weighted by Gasteiger charge is 2.27. The number of fused-ring (bicyclic) bond motifs is 2. The van der Waals surface area contributed by atoms with Gasteiger partial charge in [0.2, 0.25) is 0 Å². The normalized spacial score (nSPS) is 21.2. The number of pyridine rings is 1. The number of anilines is 2. The van der Waals surface area contributed by atoms with E-state index in [0.29, 0.717) is 17.9 Å². The van der Waals surface area contributed by atoms with E-state index in [1.165, 1.54) is 49.5 Å². The Morgan fingerprint density at radius 2 is 1.94 bits per heavy atom. The van der Waals surface area contributed by atoms with Crippen LogP contribution in [0.25, 0.3) is 21.9 Å². The summed E-state index contributed by atoms with van der Waals surface area (Å²) < 4.78 is 2.31. The molecule has 0 saturated heterocycles. The number of nitrogens with zero attached hydrogens (tertiary/aromatic N) is 4. The zero-order chi connectivity index (χ0) is 20.8. The zero-order valence-electron chi connectivity index (χ0n) is 17.7. The van der Waals surface area contributed by atoms with E-state index in [1.54, 1.807) is 6.33 Å². The van der Waals surface area contributed by atoms with E-state index in [4.69, 9.17) is 10.7 Å². The van der Waals surface area contributed by atoms with E-state index in [2.05, 4.69) is 56.4 Å². The maximum Gasteiger partial charge on any atom is 0.145 e. The Bertz CT molecular complexity index is 1240. The van der Waals surface area contributed by atoms with Crippen LogP contribution >= 0.6 is 0 Å². The number of rotatable bonds is 6. The first-order valence-electron chi connectivity index (χ1n) is 11.5. The second-order valence-corrected chi connectivity index (χ2v) is 9.23. The van der Waals surface area contributed by atoms with Gasteiger partial charge in [-0.05, 0) is 80.7 Å². The van der Waals surface area contributed by atoms with Crippen molar-refractivity contribution in [2.75, 3.05) is 11.1 Å². The third-order valence-corrected chi connectivity index (χ3v) is 6.97. The Balaban J connectivity index is 1.12. The quantitative estimate of drug-likeness (QED) is 0.460. The van der Waals surface area contributed by atoms with Crippen LogP contribution < -0.4 is 11.1 Å². The molecule has 158 valence electrons. The third kappa shape index (κ3) is 3.71. The lowest BCUT2D eigenvalue weighted by atomic mass is 9.97. The fraction of sp³-hybridized carbons (Fsp3) is 0.400. The predicted octanol–water partition coefficient (Wildman–Crippen LogP) is 5.11. The van der Waals surface area contributed by atoms with Crippen molar-refractivity contribution in [2.24, 2.45) is 5.92 Å². The first kappa shape index (κ1) is 18.6. The van der Waals surface area contributed by atoms with Crippen LogP contribution in [0.2, 0.25) is 0 Å². The molecule has 2 atom stereocenters. The summed E-state index contributed by atoms with van der Waals surface area (Å²) >= 11 is 0. The molecule has 0 amide bonds. The highest BCUT2D eigenvalue weighted by molar-refractivity contribution is 5.86. The minimum absolute atomic E-state index is 0.506. The van der Waals surface area contributed by atoms with Gasteiger partial charge in [-0.15, -0.1) is 0 Å². The summed E-state index contributed by atoms with van der Waals surface area (Å²) in [5.74, 6) is 2.32. The highest BCUT2D eigenvalue weighted by atomic mass is 15.1. The Labute approximate surface area is 181 Å². The van der Waals surface area contributed by atoms with Gasteiger partial charge in [0.1, 0.15) is 23.6 Å². The molecular formula is C25H28N6. The Kier molecular flexibility index (Phi) is 4.51. The zero-order valence-corrected chi connectivity index (χ0v) is 17.7. The van der Waals surface area contributed by atoms with Gasteiger partial charge in [-0.25, -0.2) is 15.0 Å². The Hall–Kier alpha value is -3.15. The topological polar surface area (TPSA) is 81.6 Å². The molecule has 2 fully saturated rings. The van der Waals surface area contributed by atoms with E-state index < -0.39 is 0 Å². The molecule has 3 aromatic heterocycles. The van der Waals surface area contributed by atoms with Crippen LogP contribution in [-0.4, -0.2) is 25.6 Å². The maximum absolute atomic E-state index is 6.01. The smallest absolute Gasteiger partial charge is 0.145 e. The molecule has 2 aliphatic rings. The van der Waals surface area contributed by atoms with Gasteiger partial charge in [0.05, 0.1) is 10.9 Å². The van der Waals surface area contributed by atoms with Crippen molar-refractivity contribution in [3.63, 3.8) is 0 Å². The van der Waals surface area contributed by atoms with Crippen LogP contribution in [-0.2, 0) is 6.42 Å². The number of nitrogen functional groups attached to an aromatic ring is 1. The SMILES string of the molecule is Nc1ncnc2c1ccn2[C@H]1CC[C@@H](CCc2ccc3ccc(NC4CC4)nc3c2)C1. The lowest BCUT2D eigenvalue weighted by Crippen LogP contribution is -2.06. The van der Waals surface area contributed by atoms with Crippen LogP contribution in [0, 0.1) is 5.92 Å². The molecule has 6 rings (SSSR count). The molecule has 2 saturated carbocycles. The molecule has 0 unspecified atom stereocenters. The molecular weight excluding hydrogens is 384 g/mol. The Morgan fingerprint density at radius 1 is 1.03 bits per heavy atom. The van der Waals surface area contributed by atoms with Crippen molar-refractivity contribution in [1.82, 2.24) is 19.5 Å². The molecule has 3 N–H and O–H groups in total. The molecule has 0 bridgehead atoms. The maximum atomic E-state index is 6.01. The van der Waals surface area contributed by atoms with Gasteiger partial charge in [-0.1, -0.05) is 12.1 Å². The molecule has 2 aliphatic carbocycles. The van der Waals surface area contributed by atoms with Gasteiger partial charge in [-0.3, -0.25) is 0 Å². The van der Waals surface area contributed by atoms with Gasteiger partial charge in [0.15, 0.2) is 0 Å². The first-order chi connectivity index (χ1) is 15.2. The van der Waals surface area contributed by atoms with Crippen LogP contribution in [0.5, 0.6) is 0 Å². The fourth-order valence-electron chi connectivity index (χ4n) is 5.05. The lowest BCUT2D eigenvalue weighted by molar-refractivity contribution is 0.461. The van der Waals surface area contributed by atoms with Gasteiger partial charge in [0.25, 0.3) is 0 Å². The van der Waals surface area contributed by atoms with Crippen molar-refractivity contribution >= 4 is 33.6 Å². The van der Waals surface area contributed by atoms with E-state index in [9.17, 15) is 0 Å². The van der Waals surface area contributed by atoms with Crippen molar-refractivity contribution in [1.29, 1.82) is 0 Å². The summed E-state index contributed by atoms with van der Waals surface area (Å²) in [7, 11) is 0. The minimum atomic E-state index is 0.506. The summed E-state index contributed by atoms with van der Waals surface area (Å²) in [6.07, 6.45) is 12.2. The van der Waals surface area contributed by atoms with Crippen molar-refractivity contribution < 1.29 is 0 Å². The molecule has 0 radical (unpaired) electrons. The number of hydrogen-bond acceptors (Lipinski definition) is 5. The molecule has 3 heterocycles. The highest BCUT2D eigenvalue weighted by Crippen LogP contribution is 2.39. The van der Waals surface area contributed by atoms with Crippen LogP contribution in [0.4, 0.5) is 11.6 Å². The lowest BCUT2D eigenvalue weighted by Gasteiger charge is -2.14. The molecule has 0 aliphatic heterocycles. The van der Waals surface area contributed by atoms with Gasteiger partial charge in [-0.2, -0.15) is 0 Å². The van der Waals surface area contributed by atoms with E-state index in [1.807, 2.05) is 6.07 Å². The third-order valence-electron chi connectivity index (χ3n) is 6.97. The van der Waals surface area contributed by atoms with Gasteiger partial charge < -0.3 is 15.6 Å². The Morgan fingerprint density at radius 3 is 2.84 bits per heavy atom. The van der Waals surface area contributed by atoms with Crippen molar-refractivity contribution in [3.8, 4) is 0 Å². The summed E-state index contributed by atoms with van der Waals surface area (Å²) in [5, 5.41) is 5.69. The number of aryl methyl sites for hydroxylation is 1. The molecule has 6 nitrogen and oxygen atoms in total.